The largest absolute Gasteiger partial charge is 0.479 e. The van der Waals surface area contributed by atoms with Crippen molar-refractivity contribution < 1.29 is 36.6 Å². The molecule has 0 heterocycles. The molecule has 1 unspecified atom stereocenters. The van der Waals surface area contributed by atoms with Crippen LogP contribution in [-0.2, 0) is 15.0 Å². The molecule has 4 N–H and O–H groups in total. The maximum atomic E-state index is 11.7. The molecular weight excluding hydrogens is 269 g/mol. The molecule has 11 heteroatoms. The minimum atomic E-state index is -4.73. The molecule has 0 spiro atoms. The summed E-state index contributed by atoms with van der Waals surface area (Å²) in [5.74, 6) is -1.71. The Balaban J connectivity index is 4.34. The summed E-state index contributed by atoms with van der Waals surface area (Å²) < 4.78 is 59.5. The lowest BCUT2D eigenvalue weighted by molar-refractivity contribution is -0.155. The Morgan fingerprint density at radius 3 is 2.00 bits per heavy atom. The maximum absolute atomic E-state index is 11.7. The van der Waals surface area contributed by atoms with Gasteiger partial charge in [-0.1, -0.05) is 0 Å². The van der Waals surface area contributed by atoms with Gasteiger partial charge in [-0.3, -0.25) is 0 Å². The summed E-state index contributed by atoms with van der Waals surface area (Å²) in [4.78, 5) is 10.4. The van der Waals surface area contributed by atoms with Crippen LogP contribution in [0, 0.1) is 0 Å². The monoisotopic (exact) mass is 280 g/mol. The van der Waals surface area contributed by atoms with Gasteiger partial charge in [0.25, 0.3) is 10.2 Å². The molecule has 0 aliphatic carbocycles. The molecule has 0 bridgehead atoms. The number of aliphatic hydroxyl groups is 1. The van der Waals surface area contributed by atoms with Crippen molar-refractivity contribution >= 4 is 16.2 Å². The number of hydrogen-bond donors (Lipinski definition) is 4. The van der Waals surface area contributed by atoms with Crippen LogP contribution in [0.1, 0.15) is 6.92 Å². The second-order valence-corrected chi connectivity index (χ2v) is 4.92. The number of alkyl halides is 3. The van der Waals surface area contributed by atoms with E-state index in [1.807, 2.05) is 0 Å². The van der Waals surface area contributed by atoms with Gasteiger partial charge < -0.3 is 10.2 Å². The molecule has 0 radical (unpaired) electrons. The van der Waals surface area contributed by atoms with Gasteiger partial charge in [0.1, 0.15) is 6.54 Å². The van der Waals surface area contributed by atoms with Crippen molar-refractivity contribution in [2.24, 2.45) is 0 Å². The van der Waals surface area contributed by atoms with Crippen molar-refractivity contribution in [2.75, 3.05) is 13.1 Å². The molecule has 0 saturated heterocycles. The molecule has 17 heavy (non-hydrogen) atoms. The van der Waals surface area contributed by atoms with E-state index in [4.69, 9.17) is 10.2 Å². The third-order valence-corrected chi connectivity index (χ3v) is 2.58. The summed E-state index contributed by atoms with van der Waals surface area (Å²) in [5.41, 5.74) is -2.41. The van der Waals surface area contributed by atoms with E-state index in [9.17, 15) is 26.4 Å². The maximum Gasteiger partial charge on any atom is 0.402 e. The van der Waals surface area contributed by atoms with Gasteiger partial charge in [0, 0.05) is 0 Å². The van der Waals surface area contributed by atoms with E-state index >= 15 is 0 Å². The highest BCUT2D eigenvalue weighted by Crippen LogP contribution is 2.12. The Bertz CT molecular complexity index is 378. The van der Waals surface area contributed by atoms with Crippen LogP contribution in [0.5, 0.6) is 0 Å². The minimum Gasteiger partial charge on any atom is -0.479 e. The first-order chi connectivity index (χ1) is 7.36. The number of hydrogen-bond acceptors (Lipinski definition) is 4. The minimum absolute atomic E-state index is 0.793. The third kappa shape index (κ3) is 7.10. The molecule has 0 saturated carbocycles. The van der Waals surface area contributed by atoms with Crippen molar-refractivity contribution in [3.63, 3.8) is 0 Å². The van der Waals surface area contributed by atoms with Crippen molar-refractivity contribution in [2.45, 2.75) is 18.7 Å². The van der Waals surface area contributed by atoms with Gasteiger partial charge in [-0.15, -0.1) is 0 Å². The average molecular weight is 280 g/mol. The van der Waals surface area contributed by atoms with E-state index in [0.717, 1.165) is 11.6 Å². The summed E-state index contributed by atoms with van der Waals surface area (Å²) in [6, 6.07) is 0. The number of rotatable bonds is 6. The highest BCUT2D eigenvalue weighted by atomic mass is 32.2. The molecule has 0 aliphatic heterocycles. The zero-order chi connectivity index (χ0) is 13.9. The van der Waals surface area contributed by atoms with E-state index in [1.165, 1.54) is 4.72 Å². The Morgan fingerprint density at radius 2 is 1.65 bits per heavy atom. The molecule has 0 aromatic carbocycles. The lowest BCUT2D eigenvalue weighted by atomic mass is 10.1. The third-order valence-electron chi connectivity index (χ3n) is 1.53. The van der Waals surface area contributed by atoms with Crippen LogP contribution in [-0.4, -0.2) is 49.5 Å². The van der Waals surface area contributed by atoms with Crippen molar-refractivity contribution in [1.82, 2.24) is 9.44 Å². The summed E-state index contributed by atoms with van der Waals surface area (Å²) in [6.45, 7) is -1.96. The highest BCUT2D eigenvalue weighted by molar-refractivity contribution is 7.87. The molecule has 0 aromatic rings. The molecule has 1 atom stereocenters. The molecule has 7 nitrogen and oxygen atoms in total. The van der Waals surface area contributed by atoms with Gasteiger partial charge in [0.2, 0.25) is 0 Å². The van der Waals surface area contributed by atoms with E-state index in [-0.39, 0.29) is 0 Å². The van der Waals surface area contributed by atoms with Crippen LogP contribution in [0.4, 0.5) is 13.2 Å². The molecule has 0 aromatic heterocycles. The van der Waals surface area contributed by atoms with Gasteiger partial charge in [0.15, 0.2) is 5.60 Å². The standard InChI is InChI=1S/C6H11F3N2O5S/c1-5(14,4(12)13)2-10-17(15,16)11-3-6(7,8)9/h10-11,14H,2-3H2,1H3,(H,12,13). The smallest absolute Gasteiger partial charge is 0.402 e. The van der Waals surface area contributed by atoms with Gasteiger partial charge in [-0.2, -0.15) is 31.0 Å². The van der Waals surface area contributed by atoms with Gasteiger partial charge >= 0.3 is 12.1 Å². The number of halogens is 3. The number of nitrogens with one attached hydrogen (secondary N) is 2. The second-order valence-electron chi connectivity index (χ2n) is 3.34. The summed E-state index contributed by atoms with van der Waals surface area (Å²) in [7, 11) is -4.52. The van der Waals surface area contributed by atoms with E-state index < -0.39 is 41.0 Å². The van der Waals surface area contributed by atoms with Crippen molar-refractivity contribution in [3.05, 3.63) is 0 Å². The first-order valence-corrected chi connectivity index (χ1v) is 5.61. The van der Waals surface area contributed by atoms with E-state index in [0.29, 0.717) is 0 Å². The molecule has 0 aliphatic rings. The van der Waals surface area contributed by atoms with Crippen LogP contribution < -0.4 is 9.44 Å². The van der Waals surface area contributed by atoms with Crippen LogP contribution in [0.2, 0.25) is 0 Å². The van der Waals surface area contributed by atoms with Crippen molar-refractivity contribution in [3.8, 4) is 0 Å². The fourth-order valence-corrected chi connectivity index (χ4v) is 1.47. The number of carbonyl (C=O) groups is 1. The van der Waals surface area contributed by atoms with Gasteiger partial charge in [-0.25, -0.2) is 4.79 Å². The zero-order valence-corrected chi connectivity index (χ0v) is 9.39. The SMILES string of the molecule is CC(O)(CNS(=O)(=O)NCC(F)(F)F)C(=O)O. The first kappa shape index (κ1) is 16.1. The molecular formula is C6H11F3N2O5S. The lowest BCUT2D eigenvalue weighted by Crippen LogP contribution is -2.50. The Morgan fingerprint density at radius 1 is 1.24 bits per heavy atom. The first-order valence-electron chi connectivity index (χ1n) is 4.12. The summed E-state index contributed by atoms with van der Waals surface area (Å²) in [6.07, 6.45) is -4.73. The van der Waals surface area contributed by atoms with E-state index in [1.54, 1.807) is 0 Å². The Hall–Kier alpha value is -0.910. The molecule has 0 fully saturated rings. The lowest BCUT2D eigenvalue weighted by Gasteiger charge is -2.18. The summed E-state index contributed by atoms with van der Waals surface area (Å²) >= 11 is 0. The fraction of sp³-hybridized carbons (Fsp3) is 0.833. The molecule has 0 amide bonds. The quantitative estimate of drug-likeness (QED) is 0.488. The molecule has 0 rings (SSSR count). The highest BCUT2D eigenvalue weighted by Gasteiger charge is 2.33. The van der Waals surface area contributed by atoms with Crippen LogP contribution in [0.25, 0.3) is 0 Å². The number of aliphatic carboxylic acids is 1. The topological polar surface area (TPSA) is 116 Å². The predicted molar refractivity (Wildman–Crippen MR) is 49.2 cm³/mol. The van der Waals surface area contributed by atoms with Crippen molar-refractivity contribution in [1.29, 1.82) is 0 Å². The second kappa shape index (κ2) is 5.16. The zero-order valence-electron chi connectivity index (χ0n) is 8.58. The van der Waals surface area contributed by atoms with Crippen LogP contribution in [0.3, 0.4) is 0 Å². The Labute approximate surface area is 94.8 Å². The number of carboxylic acid groups (broad SMARTS) is 1. The normalized spacial score (nSPS) is 16.5. The van der Waals surface area contributed by atoms with Gasteiger partial charge in [0.05, 0.1) is 6.54 Å². The Kier molecular flexibility index (Phi) is 4.89. The predicted octanol–water partition coefficient (Wildman–Crippen LogP) is -1.19. The average Bonchev–Trinajstić information content (AvgIpc) is 2.11. The number of carboxylic acids is 1. The van der Waals surface area contributed by atoms with E-state index in [2.05, 4.69) is 0 Å². The van der Waals surface area contributed by atoms with Crippen LogP contribution >= 0.6 is 0 Å². The van der Waals surface area contributed by atoms with Crippen LogP contribution in [0.15, 0.2) is 0 Å². The molecule has 102 valence electrons. The van der Waals surface area contributed by atoms with Gasteiger partial charge in [-0.05, 0) is 6.92 Å². The summed E-state index contributed by atoms with van der Waals surface area (Å²) in [5, 5.41) is 17.5. The fourth-order valence-electron chi connectivity index (χ4n) is 0.539.